The summed E-state index contributed by atoms with van der Waals surface area (Å²) in [6.07, 6.45) is -1.06. The maximum Gasteiger partial charge on any atom is 0.266 e. The molecule has 2 saturated heterocycles. The Morgan fingerprint density at radius 2 is 1.37 bits per heavy atom. The molecular weight excluding hydrogens is 390 g/mol. The fourth-order valence-corrected chi connectivity index (χ4v) is 4.08. The maximum atomic E-state index is 14.0. The molecule has 0 saturated carbocycles. The highest BCUT2D eigenvalue weighted by Gasteiger charge is 2.60. The van der Waals surface area contributed by atoms with Gasteiger partial charge in [-0.3, -0.25) is 14.4 Å². The summed E-state index contributed by atoms with van der Waals surface area (Å²) in [7, 11) is 0. The van der Waals surface area contributed by atoms with E-state index in [1.807, 2.05) is 6.07 Å². The molecule has 30 heavy (non-hydrogen) atoms. The first-order chi connectivity index (χ1) is 14.6. The highest BCUT2D eigenvalue weighted by Crippen LogP contribution is 2.47. The van der Waals surface area contributed by atoms with Gasteiger partial charge in [-0.25, -0.2) is 18.7 Å². The van der Waals surface area contributed by atoms with Gasteiger partial charge in [0.2, 0.25) is 5.91 Å². The molecule has 2 aliphatic heterocycles. The van der Waals surface area contributed by atoms with Crippen molar-refractivity contribution in [2.24, 2.45) is 5.92 Å². The normalized spacial score (nSPS) is 23.2. The van der Waals surface area contributed by atoms with Crippen molar-refractivity contribution >= 4 is 23.2 Å². The van der Waals surface area contributed by atoms with Crippen LogP contribution in [-0.2, 0) is 14.4 Å². The van der Waals surface area contributed by atoms with Gasteiger partial charge in [-0.2, -0.15) is 0 Å². The molecule has 0 aromatic heterocycles. The lowest BCUT2D eigenvalue weighted by atomic mass is 9.90. The number of hydrogen-bond acceptors (Lipinski definition) is 4. The van der Waals surface area contributed by atoms with Gasteiger partial charge in [-0.1, -0.05) is 42.5 Å². The minimum atomic E-state index is -1.06. The van der Waals surface area contributed by atoms with Crippen molar-refractivity contribution in [1.82, 2.24) is 0 Å². The molecule has 5 rings (SSSR count). The Hall–Kier alpha value is -3.58. The quantitative estimate of drug-likeness (QED) is 0.617. The summed E-state index contributed by atoms with van der Waals surface area (Å²) >= 11 is 0. The first kappa shape index (κ1) is 18.4. The Balaban J connectivity index is 1.61. The number of carbonyl (C=O) groups excluding carboxylic acids is 2. The number of benzene rings is 3. The van der Waals surface area contributed by atoms with Gasteiger partial charge < -0.3 is 0 Å². The number of rotatable bonds is 3. The van der Waals surface area contributed by atoms with Crippen molar-refractivity contribution in [3.63, 3.8) is 0 Å². The number of fused-ring (bicyclic) bond motifs is 1. The number of anilines is 2. The van der Waals surface area contributed by atoms with Gasteiger partial charge in [-0.05, 0) is 42.0 Å². The highest BCUT2D eigenvalue weighted by molar-refractivity contribution is 6.23. The minimum absolute atomic E-state index is 0.348. The Kier molecular flexibility index (Phi) is 4.33. The predicted molar refractivity (Wildman–Crippen MR) is 105 cm³/mol. The molecule has 2 aliphatic rings. The molecule has 3 atom stereocenters. The van der Waals surface area contributed by atoms with Crippen LogP contribution in [0, 0.1) is 17.6 Å². The lowest BCUT2D eigenvalue weighted by Gasteiger charge is -2.28. The molecule has 0 radical (unpaired) electrons. The molecule has 0 unspecified atom stereocenters. The standard InChI is InChI=1S/C23H16F2N2O3/c24-17-12-11-14(13-18(17)25)20-19-21(30-27(20)16-9-5-2-6-10-16)23(29)26(22(19)28)15-7-3-1-4-8-15/h1-13,19-21H/t19-,20+,21-/m0/s1. The zero-order valence-electron chi connectivity index (χ0n) is 15.6. The molecule has 0 spiro atoms. The van der Waals surface area contributed by atoms with Crippen LogP contribution in [0.25, 0.3) is 0 Å². The second-order valence-electron chi connectivity index (χ2n) is 7.18. The van der Waals surface area contributed by atoms with Crippen LogP contribution in [0.15, 0.2) is 78.9 Å². The van der Waals surface area contributed by atoms with Crippen LogP contribution >= 0.6 is 0 Å². The minimum Gasteiger partial charge on any atom is -0.273 e. The largest absolute Gasteiger partial charge is 0.273 e. The summed E-state index contributed by atoms with van der Waals surface area (Å²) in [5.41, 5.74) is 1.40. The van der Waals surface area contributed by atoms with Crippen molar-refractivity contribution in [2.45, 2.75) is 12.1 Å². The average molecular weight is 406 g/mol. The van der Waals surface area contributed by atoms with Crippen LogP contribution in [0.1, 0.15) is 11.6 Å². The summed E-state index contributed by atoms with van der Waals surface area (Å²) in [4.78, 5) is 33.5. The molecular formula is C23H16F2N2O3. The van der Waals surface area contributed by atoms with Crippen LogP contribution in [-0.4, -0.2) is 17.9 Å². The zero-order chi connectivity index (χ0) is 20.8. The molecule has 150 valence electrons. The Morgan fingerprint density at radius 1 is 0.733 bits per heavy atom. The smallest absolute Gasteiger partial charge is 0.266 e. The number of imide groups is 1. The molecule has 3 aromatic rings. The van der Waals surface area contributed by atoms with E-state index < -0.39 is 41.5 Å². The Morgan fingerprint density at radius 3 is 2.00 bits per heavy atom. The number of hydrogen-bond donors (Lipinski definition) is 0. The topological polar surface area (TPSA) is 49.9 Å². The van der Waals surface area contributed by atoms with E-state index in [4.69, 9.17) is 4.84 Å². The van der Waals surface area contributed by atoms with Gasteiger partial charge in [0.05, 0.1) is 17.4 Å². The van der Waals surface area contributed by atoms with Crippen molar-refractivity contribution in [3.8, 4) is 0 Å². The Bertz CT molecular complexity index is 1120. The molecule has 5 nitrogen and oxygen atoms in total. The number of para-hydroxylation sites is 2. The van der Waals surface area contributed by atoms with Crippen LogP contribution in [0.3, 0.4) is 0 Å². The van der Waals surface area contributed by atoms with Crippen molar-refractivity contribution in [2.75, 3.05) is 9.96 Å². The van der Waals surface area contributed by atoms with E-state index in [1.54, 1.807) is 54.6 Å². The second kappa shape index (κ2) is 7.03. The first-order valence-electron chi connectivity index (χ1n) is 9.45. The molecule has 0 bridgehead atoms. The van der Waals surface area contributed by atoms with Gasteiger partial charge in [-0.15, -0.1) is 0 Å². The van der Waals surface area contributed by atoms with E-state index in [2.05, 4.69) is 0 Å². The summed E-state index contributed by atoms with van der Waals surface area (Å²) in [5.74, 6) is -3.84. The van der Waals surface area contributed by atoms with E-state index >= 15 is 0 Å². The molecule has 7 heteroatoms. The SMILES string of the molecule is O=C1[C@@H]2[C@H](ON(c3ccccc3)[C@@H]2c2ccc(F)c(F)c2)C(=O)N1c1ccccc1. The van der Waals surface area contributed by atoms with Gasteiger partial charge >= 0.3 is 0 Å². The van der Waals surface area contributed by atoms with Gasteiger partial charge in [0.15, 0.2) is 17.7 Å². The highest BCUT2D eigenvalue weighted by atomic mass is 19.2. The Labute approximate surface area is 171 Å². The van der Waals surface area contributed by atoms with Crippen LogP contribution in [0.4, 0.5) is 20.2 Å². The van der Waals surface area contributed by atoms with Crippen LogP contribution < -0.4 is 9.96 Å². The van der Waals surface area contributed by atoms with Gasteiger partial charge in [0, 0.05) is 0 Å². The lowest BCUT2D eigenvalue weighted by molar-refractivity contribution is -0.126. The van der Waals surface area contributed by atoms with Gasteiger partial charge in [0.1, 0.15) is 5.92 Å². The number of halogens is 2. The third kappa shape index (κ3) is 2.78. The van der Waals surface area contributed by atoms with Gasteiger partial charge in [0.25, 0.3) is 5.91 Å². The number of hydroxylamine groups is 1. The van der Waals surface area contributed by atoms with E-state index in [-0.39, 0.29) is 0 Å². The fraction of sp³-hybridized carbons (Fsp3) is 0.130. The summed E-state index contributed by atoms with van der Waals surface area (Å²) in [6.45, 7) is 0. The summed E-state index contributed by atoms with van der Waals surface area (Å²) in [6, 6.07) is 20.2. The monoisotopic (exact) mass is 406 g/mol. The molecule has 0 N–H and O–H groups in total. The summed E-state index contributed by atoms with van der Waals surface area (Å²) in [5, 5.41) is 1.44. The third-order valence-corrected chi connectivity index (χ3v) is 5.43. The van der Waals surface area contributed by atoms with E-state index in [1.165, 1.54) is 11.1 Å². The van der Waals surface area contributed by atoms with E-state index in [0.717, 1.165) is 17.0 Å². The number of carbonyl (C=O) groups is 2. The molecule has 0 aliphatic carbocycles. The third-order valence-electron chi connectivity index (χ3n) is 5.43. The molecule has 2 amide bonds. The first-order valence-corrected chi connectivity index (χ1v) is 9.45. The zero-order valence-corrected chi connectivity index (χ0v) is 15.6. The molecule has 3 aromatic carbocycles. The fourth-order valence-electron chi connectivity index (χ4n) is 4.08. The van der Waals surface area contributed by atoms with Crippen molar-refractivity contribution < 1.29 is 23.2 Å². The van der Waals surface area contributed by atoms with E-state index in [9.17, 15) is 18.4 Å². The average Bonchev–Trinajstić information content (AvgIpc) is 3.28. The molecule has 2 heterocycles. The van der Waals surface area contributed by atoms with Crippen molar-refractivity contribution in [3.05, 3.63) is 96.1 Å². The van der Waals surface area contributed by atoms with Crippen LogP contribution in [0.5, 0.6) is 0 Å². The predicted octanol–water partition coefficient (Wildman–Crippen LogP) is 4.02. The maximum absolute atomic E-state index is 14.0. The number of nitrogens with zero attached hydrogens (tertiary/aromatic N) is 2. The summed E-state index contributed by atoms with van der Waals surface area (Å²) < 4.78 is 27.6. The van der Waals surface area contributed by atoms with Crippen LogP contribution in [0.2, 0.25) is 0 Å². The molecule has 2 fully saturated rings. The van der Waals surface area contributed by atoms with E-state index in [0.29, 0.717) is 16.9 Å². The second-order valence-corrected chi connectivity index (χ2v) is 7.18. The van der Waals surface area contributed by atoms with Crippen molar-refractivity contribution in [1.29, 1.82) is 0 Å². The lowest BCUT2D eigenvalue weighted by Crippen LogP contribution is -2.37. The number of amides is 2.